The molecular formula is HEr2O12S3-. The molecule has 17 heavy (non-hydrogen) atoms. The summed E-state index contributed by atoms with van der Waals surface area (Å²) in [5.41, 5.74) is 0. The first-order valence-corrected chi connectivity index (χ1v) is 6.02. The molecule has 0 aromatic heterocycles. The van der Waals surface area contributed by atoms with Gasteiger partial charge in [0.15, 0.2) is 0 Å². The first-order chi connectivity index (χ1) is 6.68. The maximum absolute atomic E-state index is 10.3. The van der Waals surface area contributed by atoms with E-state index < -0.39 is 31.8 Å². The van der Waals surface area contributed by atoms with Crippen molar-refractivity contribution in [2.24, 2.45) is 0 Å². The fourth-order valence-electron chi connectivity index (χ4n) is 0.149. The maximum Gasteiger partial charge on any atom is 0.454 e. The van der Waals surface area contributed by atoms with Gasteiger partial charge in [0.25, 0.3) is 0 Å². The normalized spacial score (nSPS) is 11.6. The van der Waals surface area contributed by atoms with Crippen molar-refractivity contribution < 1.29 is 127 Å². The van der Waals surface area contributed by atoms with Crippen LogP contribution < -0.4 is 0 Å². The van der Waals surface area contributed by atoms with E-state index in [1.807, 2.05) is 0 Å². The van der Waals surface area contributed by atoms with Crippen LogP contribution in [0.2, 0.25) is 0 Å². The van der Waals surface area contributed by atoms with Crippen molar-refractivity contribution in [3.8, 4) is 0 Å². The molecule has 0 fully saturated rings. The topological polar surface area (TPSA) is 169 Å². The summed E-state index contributed by atoms with van der Waals surface area (Å²) in [5.74, 6) is 0. The Labute approximate surface area is 156 Å². The molecule has 0 saturated carbocycles. The Kier molecular flexibility index (Phi) is 15.4. The number of rotatable bonds is 7. The van der Waals surface area contributed by atoms with E-state index in [2.05, 4.69) is 21.7 Å². The predicted molar refractivity (Wildman–Crippen MR) is 34.6 cm³/mol. The van der Waals surface area contributed by atoms with Gasteiger partial charge in [-0.2, -0.15) is 16.8 Å². The molecule has 17 heteroatoms. The van der Waals surface area contributed by atoms with Crippen LogP contribution in [0.15, 0.2) is 0 Å². The van der Waals surface area contributed by atoms with Gasteiger partial charge in [0.2, 0.25) is 0 Å². The molecule has 0 aromatic rings. The first kappa shape index (κ1) is 24.1. The second-order valence-electron chi connectivity index (χ2n) is 1.37. The van der Waals surface area contributed by atoms with Crippen molar-refractivity contribution in [3.05, 3.63) is 0 Å². The molecule has 0 unspecified atom stereocenters. The number of hydrogen-bond donors (Lipinski definition) is 1. The minimum absolute atomic E-state index is 0. The van der Waals surface area contributed by atoms with Crippen molar-refractivity contribution in [1.82, 2.24) is 0 Å². The summed E-state index contributed by atoms with van der Waals surface area (Å²) in [6, 6.07) is 0. The van der Waals surface area contributed by atoms with Crippen LogP contribution in [-0.2, 0) is 61.9 Å². The molecule has 1 N–H and O–H groups in total. The smallest absolute Gasteiger partial charge is 0.394 e. The first-order valence-electron chi connectivity index (χ1n) is 2.35. The van der Waals surface area contributed by atoms with Gasteiger partial charge < -0.3 is 8.42 Å². The summed E-state index contributed by atoms with van der Waals surface area (Å²) in [7, 11) is -13.7. The zero-order valence-electron chi connectivity index (χ0n) is 6.74. The number of hydrogen-bond acceptors (Lipinski definition) is 13. The minimum Gasteiger partial charge on any atom is -0.394 e. The summed E-state index contributed by atoms with van der Waals surface area (Å²) in [5, 5.41) is 7.55. The summed E-state index contributed by atoms with van der Waals surface area (Å²) in [6.45, 7) is 0. The second-order valence-corrected chi connectivity index (χ2v) is 4.10. The fourth-order valence-corrected chi connectivity index (χ4v) is 1.19. The molecular weight excluding hydrogens is 623 g/mol. The van der Waals surface area contributed by atoms with Crippen molar-refractivity contribution in [2.75, 3.05) is 0 Å². The summed E-state index contributed by atoms with van der Waals surface area (Å²) >= 11 is 0. The largest absolute Gasteiger partial charge is 0.454 e. The summed E-state index contributed by atoms with van der Waals surface area (Å²) in [6.07, 6.45) is 0. The van der Waals surface area contributed by atoms with E-state index in [0.717, 1.165) is 0 Å². The Morgan fingerprint density at radius 3 is 1.59 bits per heavy atom. The van der Waals surface area contributed by atoms with Crippen molar-refractivity contribution >= 4 is 31.8 Å². The minimum atomic E-state index is -5.23. The van der Waals surface area contributed by atoms with E-state index in [1.54, 1.807) is 0 Å². The average molecular weight is 624 g/mol. The zero-order chi connectivity index (χ0) is 12.1. The van der Waals surface area contributed by atoms with Crippen LogP contribution in [0.25, 0.3) is 0 Å². The predicted octanol–water partition coefficient (Wildman–Crippen LogP) is -1.91. The summed E-state index contributed by atoms with van der Waals surface area (Å²) < 4.78 is 74.7. The van der Waals surface area contributed by atoms with Crippen molar-refractivity contribution in [3.63, 3.8) is 0 Å². The second kappa shape index (κ2) is 10.8. The molecule has 0 rings (SSSR count). The molecule has 0 aliphatic rings. The Morgan fingerprint density at radius 1 is 0.824 bits per heavy atom. The Bertz CT molecular complexity index is 444. The van der Waals surface area contributed by atoms with Gasteiger partial charge in [0, 0.05) is 74.6 Å². The third kappa shape index (κ3) is 14.3. The van der Waals surface area contributed by atoms with Crippen LogP contribution in [0, 0.1) is 74.6 Å². The molecule has 116 valence electrons. The van der Waals surface area contributed by atoms with Crippen LogP contribution in [0.1, 0.15) is 0 Å². The van der Waals surface area contributed by atoms with Gasteiger partial charge in [-0.05, 0) is 0 Å². The van der Waals surface area contributed by atoms with Crippen LogP contribution in [-0.4, -0.2) is 22.1 Å². The molecule has 0 amide bonds. The molecule has 0 aliphatic heterocycles. The molecule has 0 aliphatic carbocycles. The maximum atomic E-state index is 10.3. The fraction of sp³-hybridized carbons (Fsp3) is 0. The van der Waals surface area contributed by atoms with Crippen LogP contribution in [0.5, 0.6) is 0 Å². The van der Waals surface area contributed by atoms with Gasteiger partial charge in [0.05, 0.1) is 11.0 Å². The van der Waals surface area contributed by atoms with Gasteiger partial charge >= 0.3 is 20.8 Å². The third-order valence-electron chi connectivity index (χ3n) is 0.452. The molecule has 0 spiro atoms. The van der Waals surface area contributed by atoms with Gasteiger partial charge in [-0.1, -0.05) is 17.3 Å². The van der Waals surface area contributed by atoms with Crippen molar-refractivity contribution in [1.29, 1.82) is 0 Å². The van der Waals surface area contributed by atoms with Gasteiger partial charge in [-0.15, -0.1) is 0 Å². The molecule has 0 atom stereocenters. The molecule has 12 nitrogen and oxygen atoms in total. The van der Waals surface area contributed by atoms with E-state index in [0.29, 0.717) is 0 Å². The molecule has 0 radical (unpaired) electrons. The Balaban J connectivity index is -0.000000980. The van der Waals surface area contributed by atoms with Crippen LogP contribution >= 0.6 is 0 Å². The molecule has 0 heterocycles. The van der Waals surface area contributed by atoms with Crippen molar-refractivity contribution in [2.45, 2.75) is 0 Å². The Morgan fingerprint density at radius 2 is 1.24 bits per heavy atom. The molecule has 0 saturated heterocycles. The van der Waals surface area contributed by atoms with Gasteiger partial charge in [-0.25, -0.2) is 5.26 Å². The summed E-state index contributed by atoms with van der Waals surface area (Å²) in [4.78, 5) is 0. The van der Waals surface area contributed by atoms with Crippen LogP contribution in [0.3, 0.4) is 0 Å². The standard InChI is InChI=1S/2Er.HO12S3/c;;1-8-14(4,5)11-12-15(6,7)10-9-13(2)3/h;;1H/q;;-1. The van der Waals surface area contributed by atoms with E-state index in [4.69, 9.17) is 5.26 Å². The Hall–Kier alpha value is 2.10. The van der Waals surface area contributed by atoms with E-state index in [-0.39, 0.29) is 74.6 Å². The van der Waals surface area contributed by atoms with Gasteiger partial charge in [0.1, 0.15) is 0 Å². The van der Waals surface area contributed by atoms with E-state index in [9.17, 15) is 25.3 Å². The van der Waals surface area contributed by atoms with E-state index in [1.165, 1.54) is 0 Å². The van der Waals surface area contributed by atoms with Crippen LogP contribution in [0.4, 0.5) is 0 Å². The molecule has 0 bridgehead atoms. The zero-order valence-corrected chi connectivity index (χ0v) is 12.9. The van der Waals surface area contributed by atoms with E-state index >= 15 is 0 Å². The average Bonchev–Trinajstić information content (AvgIpc) is 2.13. The quantitative estimate of drug-likeness (QED) is 0.190. The SMILES string of the molecule is O=[S-](=O)OOS(=O)(=O)OOS(=O)(=O)OO.[Er].[Er]. The molecule has 0 aromatic carbocycles. The monoisotopic (exact) mass is 621 g/mol. The van der Waals surface area contributed by atoms with Gasteiger partial charge in [-0.3, -0.25) is 4.33 Å². The third-order valence-corrected chi connectivity index (χ3v) is 1.69.